The number of rotatable bonds is 4. The summed E-state index contributed by atoms with van der Waals surface area (Å²) in [5.41, 5.74) is 1.76. The second-order valence-electron chi connectivity index (χ2n) is 6.28. The van der Waals surface area contributed by atoms with Crippen molar-refractivity contribution in [2.75, 3.05) is 6.54 Å². The number of likely N-dealkylation sites (tertiary alicyclic amines) is 1. The van der Waals surface area contributed by atoms with Gasteiger partial charge in [0.15, 0.2) is 0 Å². The average molecular weight is 345 g/mol. The first kappa shape index (κ1) is 17.4. The van der Waals surface area contributed by atoms with Gasteiger partial charge in [0, 0.05) is 12.5 Å². The predicted molar refractivity (Wildman–Crippen MR) is 91.2 cm³/mol. The highest BCUT2D eigenvalue weighted by Gasteiger charge is 2.36. The lowest BCUT2D eigenvalue weighted by Crippen LogP contribution is -2.42. The van der Waals surface area contributed by atoms with Crippen LogP contribution in [0.2, 0.25) is 0 Å². The molecule has 2 unspecified atom stereocenters. The molecule has 0 N–H and O–H groups in total. The fourth-order valence-corrected chi connectivity index (χ4v) is 3.23. The minimum Gasteiger partial charge on any atom is -0.445 e. The molecule has 0 spiro atoms. The van der Waals surface area contributed by atoms with Gasteiger partial charge in [-0.15, -0.1) is 0 Å². The number of alkyl halides is 2. The Balaban J connectivity index is 1.72. The number of carbonyl (C=O) groups excluding carboxylic acids is 1. The Hall–Kier alpha value is -2.43. The van der Waals surface area contributed by atoms with E-state index in [9.17, 15) is 13.6 Å². The van der Waals surface area contributed by atoms with E-state index < -0.39 is 18.4 Å². The normalized spacial score (nSPS) is 20.5. The Kier molecular flexibility index (Phi) is 5.64. The van der Waals surface area contributed by atoms with Crippen molar-refractivity contribution in [3.63, 3.8) is 0 Å². The number of carbonyl (C=O) groups is 1. The van der Waals surface area contributed by atoms with E-state index in [2.05, 4.69) is 0 Å². The molecular formula is C20H21F2NO2. The van der Waals surface area contributed by atoms with E-state index in [1.54, 1.807) is 4.90 Å². The molecule has 0 radical (unpaired) electrons. The van der Waals surface area contributed by atoms with Crippen LogP contribution in [0.5, 0.6) is 0 Å². The molecule has 2 aromatic carbocycles. The van der Waals surface area contributed by atoms with Gasteiger partial charge in [-0.2, -0.15) is 0 Å². The quantitative estimate of drug-likeness (QED) is 0.777. The van der Waals surface area contributed by atoms with Gasteiger partial charge in [-0.1, -0.05) is 60.7 Å². The molecule has 0 aromatic heterocycles. The first-order chi connectivity index (χ1) is 12.1. The summed E-state index contributed by atoms with van der Waals surface area (Å²) in [6.45, 7) is 0.456. The van der Waals surface area contributed by atoms with Gasteiger partial charge in [-0.05, 0) is 24.0 Å². The summed E-state index contributed by atoms with van der Waals surface area (Å²) in [5, 5.41) is 0. The molecular weight excluding hydrogens is 324 g/mol. The summed E-state index contributed by atoms with van der Waals surface area (Å²) in [4.78, 5) is 14.1. The topological polar surface area (TPSA) is 29.5 Å². The molecule has 3 rings (SSSR count). The van der Waals surface area contributed by atoms with Crippen LogP contribution in [0.1, 0.15) is 30.0 Å². The van der Waals surface area contributed by atoms with Crippen molar-refractivity contribution >= 4 is 6.09 Å². The Bertz CT molecular complexity index is 679. The summed E-state index contributed by atoms with van der Waals surface area (Å²) in [6, 6.07) is 18.4. The lowest BCUT2D eigenvalue weighted by Gasteiger charge is -2.38. The van der Waals surface area contributed by atoms with Crippen LogP contribution < -0.4 is 0 Å². The number of benzene rings is 2. The summed E-state index contributed by atoms with van der Waals surface area (Å²) in [6.07, 6.45) is -2.28. The molecule has 132 valence electrons. The summed E-state index contributed by atoms with van der Waals surface area (Å²) >= 11 is 0. The third-order valence-corrected chi connectivity index (χ3v) is 4.62. The zero-order valence-corrected chi connectivity index (χ0v) is 13.9. The van der Waals surface area contributed by atoms with Crippen LogP contribution in [-0.4, -0.2) is 24.0 Å². The molecule has 1 saturated heterocycles. The van der Waals surface area contributed by atoms with E-state index in [1.165, 1.54) is 0 Å². The Morgan fingerprint density at radius 1 is 1.08 bits per heavy atom. The number of amides is 1. The van der Waals surface area contributed by atoms with Crippen molar-refractivity contribution in [2.45, 2.75) is 31.9 Å². The maximum Gasteiger partial charge on any atom is 0.410 e. The van der Waals surface area contributed by atoms with Gasteiger partial charge in [0.05, 0.1) is 6.04 Å². The van der Waals surface area contributed by atoms with Gasteiger partial charge in [-0.3, -0.25) is 0 Å². The standard InChI is InChI=1S/C20H21F2NO2/c21-19(22)17-11-12-23(18(13-17)16-9-5-2-6-10-16)20(24)25-14-15-7-3-1-4-8-15/h1-10,17-19H,11-14H2. The zero-order valence-electron chi connectivity index (χ0n) is 13.9. The van der Waals surface area contributed by atoms with Crippen LogP contribution in [0.3, 0.4) is 0 Å². The van der Waals surface area contributed by atoms with Crippen molar-refractivity contribution in [3.8, 4) is 0 Å². The van der Waals surface area contributed by atoms with E-state index in [4.69, 9.17) is 4.74 Å². The first-order valence-electron chi connectivity index (χ1n) is 8.45. The van der Waals surface area contributed by atoms with Crippen LogP contribution in [0.15, 0.2) is 60.7 Å². The summed E-state index contributed by atoms with van der Waals surface area (Å²) < 4.78 is 31.8. The smallest absolute Gasteiger partial charge is 0.410 e. The van der Waals surface area contributed by atoms with Gasteiger partial charge < -0.3 is 9.64 Å². The third-order valence-electron chi connectivity index (χ3n) is 4.62. The molecule has 25 heavy (non-hydrogen) atoms. The Labute approximate surface area is 146 Å². The van der Waals surface area contributed by atoms with Crippen LogP contribution >= 0.6 is 0 Å². The van der Waals surface area contributed by atoms with E-state index in [-0.39, 0.29) is 25.6 Å². The highest BCUT2D eigenvalue weighted by Crippen LogP contribution is 2.37. The highest BCUT2D eigenvalue weighted by atomic mass is 19.3. The summed E-state index contributed by atoms with van der Waals surface area (Å²) in [7, 11) is 0. The van der Waals surface area contributed by atoms with E-state index in [1.807, 2.05) is 60.7 Å². The van der Waals surface area contributed by atoms with E-state index >= 15 is 0 Å². The van der Waals surface area contributed by atoms with Crippen molar-refractivity contribution in [1.29, 1.82) is 0 Å². The summed E-state index contributed by atoms with van der Waals surface area (Å²) in [5.74, 6) is -0.691. The maximum absolute atomic E-state index is 13.2. The molecule has 3 nitrogen and oxygen atoms in total. The van der Waals surface area contributed by atoms with Gasteiger partial charge in [-0.25, -0.2) is 13.6 Å². The number of halogens is 2. The minimum atomic E-state index is -2.37. The SMILES string of the molecule is O=C(OCc1ccccc1)N1CCC(C(F)F)CC1c1ccccc1. The van der Waals surface area contributed by atoms with Gasteiger partial charge in [0.2, 0.25) is 6.43 Å². The largest absolute Gasteiger partial charge is 0.445 e. The molecule has 0 bridgehead atoms. The van der Waals surface area contributed by atoms with Crippen molar-refractivity contribution < 1.29 is 18.3 Å². The zero-order chi connectivity index (χ0) is 17.6. The van der Waals surface area contributed by atoms with E-state index in [0.717, 1.165) is 11.1 Å². The number of ether oxygens (including phenoxy) is 1. The van der Waals surface area contributed by atoms with Gasteiger partial charge in [0.1, 0.15) is 6.61 Å². The molecule has 1 amide bonds. The number of hydrogen-bond donors (Lipinski definition) is 0. The van der Waals surface area contributed by atoms with Crippen LogP contribution in [0.25, 0.3) is 0 Å². The van der Waals surface area contributed by atoms with Crippen LogP contribution in [0, 0.1) is 5.92 Å². The highest BCUT2D eigenvalue weighted by molar-refractivity contribution is 5.68. The molecule has 1 aliphatic rings. The molecule has 0 aliphatic carbocycles. The fraction of sp³-hybridized carbons (Fsp3) is 0.350. The Morgan fingerprint density at radius 2 is 1.72 bits per heavy atom. The third kappa shape index (κ3) is 4.35. The second-order valence-corrected chi connectivity index (χ2v) is 6.28. The lowest BCUT2D eigenvalue weighted by molar-refractivity contribution is 0.00487. The first-order valence-corrected chi connectivity index (χ1v) is 8.45. The van der Waals surface area contributed by atoms with Gasteiger partial charge in [0.25, 0.3) is 0 Å². The van der Waals surface area contributed by atoms with Gasteiger partial charge >= 0.3 is 6.09 Å². The number of piperidine rings is 1. The molecule has 1 aliphatic heterocycles. The number of hydrogen-bond acceptors (Lipinski definition) is 2. The second kappa shape index (κ2) is 8.10. The molecule has 0 saturated carbocycles. The Morgan fingerprint density at radius 3 is 2.36 bits per heavy atom. The van der Waals surface area contributed by atoms with Crippen molar-refractivity contribution in [1.82, 2.24) is 4.90 Å². The fourth-order valence-electron chi connectivity index (χ4n) is 3.23. The van der Waals surface area contributed by atoms with Crippen molar-refractivity contribution in [2.24, 2.45) is 5.92 Å². The maximum atomic E-state index is 13.2. The average Bonchev–Trinajstić information content (AvgIpc) is 2.67. The number of nitrogens with zero attached hydrogens (tertiary/aromatic N) is 1. The molecule has 2 aromatic rings. The lowest BCUT2D eigenvalue weighted by atomic mass is 9.87. The van der Waals surface area contributed by atoms with Crippen molar-refractivity contribution in [3.05, 3.63) is 71.8 Å². The minimum absolute atomic E-state index is 0.177. The van der Waals surface area contributed by atoms with E-state index in [0.29, 0.717) is 6.42 Å². The predicted octanol–water partition coefficient (Wildman–Crippen LogP) is 5.04. The molecule has 5 heteroatoms. The molecule has 1 heterocycles. The van der Waals surface area contributed by atoms with Crippen LogP contribution in [0.4, 0.5) is 13.6 Å². The molecule has 1 fully saturated rings. The monoisotopic (exact) mass is 345 g/mol. The van der Waals surface area contributed by atoms with Crippen LogP contribution in [-0.2, 0) is 11.3 Å². The molecule has 2 atom stereocenters.